The summed E-state index contributed by atoms with van der Waals surface area (Å²) in [6.45, 7) is 7.86. The number of hydrogen-bond donors (Lipinski definition) is 3. The normalized spacial score (nSPS) is 11.7. The number of sulfonamides is 1. The maximum Gasteiger partial charge on any atom is 0.340 e. The van der Waals surface area contributed by atoms with Crippen molar-refractivity contribution in [1.82, 2.24) is 14.5 Å². The van der Waals surface area contributed by atoms with Crippen molar-refractivity contribution >= 4 is 27.7 Å². The summed E-state index contributed by atoms with van der Waals surface area (Å²) >= 11 is 0. The highest BCUT2D eigenvalue weighted by Gasteiger charge is 2.29. The molecule has 0 fully saturated rings. The lowest BCUT2D eigenvalue weighted by atomic mass is 9.93. The van der Waals surface area contributed by atoms with Gasteiger partial charge in [-0.05, 0) is 23.0 Å². The Labute approximate surface area is 163 Å². The van der Waals surface area contributed by atoms with E-state index in [1.807, 2.05) is 50.6 Å². The average Bonchev–Trinajstić information content (AvgIpc) is 2.97. The molecule has 0 aliphatic heterocycles. The first-order chi connectivity index (χ1) is 12.9. The molecule has 0 aliphatic rings. The quantitative estimate of drug-likeness (QED) is 0.674. The Hall–Kier alpha value is -2.88. The lowest BCUT2D eigenvalue weighted by Crippen LogP contribution is -2.36. The van der Waals surface area contributed by atoms with Crippen LogP contribution >= 0.6 is 0 Å². The van der Waals surface area contributed by atoms with Gasteiger partial charge in [-0.1, -0.05) is 45.9 Å². The predicted octanol–water partition coefficient (Wildman–Crippen LogP) is 2.88. The van der Waals surface area contributed by atoms with E-state index in [1.54, 1.807) is 0 Å². The molecular formula is C18H24N4O5S. The van der Waals surface area contributed by atoms with E-state index in [1.165, 1.54) is 7.05 Å². The molecule has 152 valence electrons. The van der Waals surface area contributed by atoms with Crippen LogP contribution in [0.4, 0.5) is 10.5 Å². The second kappa shape index (κ2) is 8.01. The first kappa shape index (κ1) is 21.4. The number of nitrogens with zero attached hydrogens (tertiary/aromatic N) is 2. The van der Waals surface area contributed by atoms with Crippen LogP contribution in [0, 0.1) is 0 Å². The monoisotopic (exact) mass is 408 g/mol. The van der Waals surface area contributed by atoms with Crippen LogP contribution in [-0.4, -0.2) is 35.3 Å². The molecular weight excluding hydrogens is 384 g/mol. The van der Waals surface area contributed by atoms with Crippen molar-refractivity contribution < 1.29 is 23.1 Å². The molecule has 28 heavy (non-hydrogen) atoms. The van der Waals surface area contributed by atoms with E-state index >= 15 is 0 Å². The second-order valence-electron chi connectivity index (χ2n) is 7.01. The number of urea groups is 1. The number of rotatable bonds is 6. The van der Waals surface area contributed by atoms with Crippen LogP contribution in [-0.2, 0) is 17.1 Å². The number of carboxylic acid groups (broad SMARTS) is 1. The molecule has 0 atom stereocenters. The van der Waals surface area contributed by atoms with Gasteiger partial charge in [0.15, 0.2) is 0 Å². The molecule has 0 saturated heterocycles. The number of carbonyl (C=O) groups is 2. The van der Waals surface area contributed by atoms with E-state index in [9.17, 15) is 18.0 Å². The van der Waals surface area contributed by atoms with Crippen molar-refractivity contribution in [2.75, 3.05) is 5.32 Å². The van der Waals surface area contributed by atoms with E-state index in [2.05, 4.69) is 10.4 Å². The fourth-order valence-electron chi connectivity index (χ4n) is 2.82. The number of carboxylic acids is 1. The lowest BCUT2D eigenvalue weighted by Gasteiger charge is -2.20. The van der Waals surface area contributed by atoms with E-state index in [0.29, 0.717) is 5.69 Å². The number of anilines is 1. The molecule has 1 aromatic heterocycles. The Morgan fingerprint density at radius 2 is 1.64 bits per heavy atom. The van der Waals surface area contributed by atoms with Crippen LogP contribution in [0.15, 0.2) is 29.4 Å². The molecule has 0 aliphatic carbocycles. The van der Waals surface area contributed by atoms with Crippen LogP contribution in [0.2, 0.25) is 0 Å². The van der Waals surface area contributed by atoms with Gasteiger partial charge in [0, 0.05) is 18.9 Å². The molecule has 2 amide bonds. The number of aromatic carboxylic acids is 1. The third kappa shape index (κ3) is 4.50. The average molecular weight is 408 g/mol. The van der Waals surface area contributed by atoms with Crippen LogP contribution in [0.5, 0.6) is 0 Å². The van der Waals surface area contributed by atoms with Gasteiger partial charge in [0.2, 0.25) is 5.03 Å². The predicted molar refractivity (Wildman–Crippen MR) is 104 cm³/mol. The van der Waals surface area contributed by atoms with Gasteiger partial charge in [0.25, 0.3) is 10.0 Å². The minimum absolute atomic E-state index is 0.0972. The van der Waals surface area contributed by atoms with Crippen molar-refractivity contribution in [3.63, 3.8) is 0 Å². The number of benzene rings is 1. The Balaban J connectivity index is 2.36. The molecule has 1 aromatic carbocycles. The van der Waals surface area contributed by atoms with Gasteiger partial charge in [0.1, 0.15) is 5.56 Å². The third-order valence-electron chi connectivity index (χ3n) is 4.12. The summed E-state index contributed by atoms with van der Waals surface area (Å²) in [7, 11) is -3.09. The largest absolute Gasteiger partial charge is 0.478 e. The minimum atomic E-state index is -4.48. The molecule has 0 saturated carbocycles. The number of amides is 2. The van der Waals surface area contributed by atoms with Crippen molar-refractivity contribution in [2.24, 2.45) is 7.05 Å². The van der Waals surface area contributed by atoms with Crippen molar-refractivity contribution in [3.05, 3.63) is 41.1 Å². The number of para-hydroxylation sites is 1. The number of carbonyl (C=O) groups excluding carboxylic acids is 1. The summed E-state index contributed by atoms with van der Waals surface area (Å²) < 4.78 is 27.9. The topological polar surface area (TPSA) is 130 Å². The zero-order valence-electron chi connectivity index (χ0n) is 16.3. The summed E-state index contributed by atoms with van der Waals surface area (Å²) in [5.41, 5.74) is 1.75. The van der Waals surface area contributed by atoms with E-state index in [4.69, 9.17) is 5.11 Å². The summed E-state index contributed by atoms with van der Waals surface area (Å²) in [6, 6.07) is 4.62. The molecule has 0 unspecified atom stereocenters. The zero-order valence-corrected chi connectivity index (χ0v) is 17.2. The van der Waals surface area contributed by atoms with E-state index < -0.39 is 32.6 Å². The summed E-state index contributed by atoms with van der Waals surface area (Å²) in [4.78, 5) is 23.7. The summed E-state index contributed by atoms with van der Waals surface area (Å²) in [6.07, 6.45) is 1.06. The highest BCUT2D eigenvalue weighted by atomic mass is 32.2. The molecule has 10 heteroatoms. The molecule has 2 rings (SSSR count). The maximum atomic E-state index is 12.5. The van der Waals surface area contributed by atoms with Crippen LogP contribution in [0.3, 0.4) is 0 Å². The van der Waals surface area contributed by atoms with E-state index in [0.717, 1.165) is 22.0 Å². The van der Waals surface area contributed by atoms with Gasteiger partial charge < -0.3 is 10.4 Å². The molecule has 0 spiro atoms. The van der Waals surface area contributed by atoms with Crippen molar-refractivity contribution in [3.8, 4) is 0 Å². The van der Waals surface area contributed by atoms with Gasteiger partial charge in [-0.25, -0.2) is 14.3 Å². The third-order valence-corrected chi connectivity index (χ3v) is 5.38. The number of nitrogens with one attached hydrogen (secondary N) is 2. The summed E-state index contributed by atoms with van der Waals surface area (Å²) in [5, 5.41) is 14.7. The second-order valence-corrected chi connectivity index (χ2v) is 8.60. The first-order valence-corrected chi connectivity index (χ1v) is 10.2. The molecule has 0 radical (unpaired) electrons. The van der Waals surface area contributed by atoms with Gasteiger partial charge in [-0.15, -0.1) is 0 Å². The van der Waals surface area contributed by atoms with Crippen LogP contribution in [0.1, 0.15) is 61.0 Å². The smallest absolute Gasteiger partial charge is 0.340 e. The SMILES string of the molecule is CC(C)c1cccc(C(C)C)c1NC(=O)NS(=O)(=O)c1nn(C)cc1C(=O)O. The Morgan fingerprint density at radius 3 is 2.11 bits per heavy atom. The van der Waals surface area contributed by atoms with Crippen LogP contribution in [0.25, 0.3) is 0 Å². The number of aromatic nitrogens is 2. The van der Waals surface area contributed by atoms with Gasteiger partial charge in [0.05, 0.1) is 0 Å². The lowest BCUT2D eigenvalue weighted by molar-refractivity contribution is 0.0692. The highest BCUT2D eigenvalue weighted by molar-refractivity contribution is 7.90. The minimum Gasteiger partial charge on any atom is -0.478 e. The Kier molecular flexibility index (Phi) is 6.13. The molecule has 9 nitrogen and oxygen atoms in total. The summed E-state index contributed by atoms with van der Waals surface area (Å²) in [5.74, 6) is -1.26. The molecule has 1 heterocycles. The first-order valence-electron chi connectivity index (χ1n) is 8.67. The molecule has 3 N–H and O–H groups in total. The standard InChI is InChI=1S/C18H24N4O5S/c1-10(2)12-7-6-8-13(11(3)4)15(12)19-18(25)21-28(26,27)16-14(17(23)24)9-22(5)20-16/h6-11H,1-5H3,(H,23,24)(H2,19,21,25). The van der Waals surface area contributed by atoms with Gasteiger partial charge >= 0.3 is 12.0 Å². The fourth-order valence-corrected chi connectivity index (χ4v) is 3.88. The fraction of sp³-hybridized carbons (Fsp3) is 0.389. The van der Waals surface area contributed by atoms with Crippen molar-refractivity contribution in [2.45, 2.75) is 44.6 Å². The number of aryl methyl sites for hydroxylation is 1. The van der Waals surface area contributed by atoms with Gasteiger partial charge in [-0.3, -0.25) is 4.68 Å². The molecule has 0 bridgehead atoms. The Bertz CT molecular complexity index is 983. The van der Waals surface area contributed by atoms with E-state index in [-0.39, 0.29) is 11.8 Å². The number of hydrogen-bond acceptors (Lipinski definition) is 5. The highest BCUT2D eigenvalue weighted by Crippen LogP contribution is 2.32. The van der Waals surface area contributed by atoms with Crippen molar-refractivity contribution in [1.29, 1.82) is 0 Å². The Morgan fingerprint density at radius 1 is 1.11 bits per heavy atom. The maximum absolute atomic E-state index is 12.5. The zero-order chi connectivity index (χ0) is 21.2. The molecule has 2 aromatic rings. The van der Waals surface area contributed by atoms with Gasteiger partial charge in [-0.2, -0.15) is 13.5 Å². The van der Waals surface area contributed by atoms with Crippen LogP contribution < -0.4 is 10.0 Å².